The van der Waals surface area contributed by atoms with Gasteiger partial charge >= 0.3 is 0 Å². The molecule has 1 aliphatic heterocycles. The Labute approximate surface area is 134 Å². The van der Waals surface area contributed by atoms with E-state index in [1.54, 1.807) is 11.3 Å². The Bertz CT molecular complexity index is 668. The van der Waals surface area contributed by atoms with Crippen LogP contribution in [0.15, 0.2) is 24.3 Å². The molecule has 1 aromatic carbocycles. The molecule has 0 unspecified atom stereocenters. The predicted octanol–water partition coefficient (Wildman–Crippen LogP) is 3.07. The molecule has 1 aromatic heterocycles. The maximum absolute atomic E-state index is 5.34. The first-order valence-electron chi connectivity index (χ1n) is 7.20. The summed E-state index contributed by atoms with van der Waals surface area (Å²) in [5.74, 6) is 0. The standard InChI is InChI=1S/C15H20N4S2/c1-12-4-3-5-14(10-12)18-8-6-17(7-9-18)11-19-15(20)21-13(2)16-19/h3-5,10H,6-9,11H2,1-2H3. The number of piperazine rings is 1. The van der Waals surface area contributed by atoms with Crippen LogP contribution in [0.25, 0.3) is 0 Å². The monoisotopic (exact) mass is 320 g/mol. The van der Waals surface area contributed by atoms with Gasteiger partial charge in [-0.3, -0.25) is 4.90 Å². The summed E-state index contributed by atoms with van der Waals surface area (Å²) in [7, 11) is 0. The third-order valence-electron chi connectivity index (χ3n) is 3.78. The second kappa shape index (κ2) is 6.25. The highest BCUT2D eigenvalue weighted by Gasteiger charge is 2.18. The number of hydrogen-bond acceptors (Lipinski definition) is 5. The highest BCUT2D eigenvalue weighted by molar-refractivity contribution is 7.73. The predicted molar refractivity (Wildman–Crippen MR) is 90.6 cm³/mol. The van der Waals surface area contributed by atoms with Gasteiger partial charge in [-0.25, -0.2) is 4.68 Å². The van der Waals surface area contributed by atoms with E-state index in [1.165, 1.54) is 11.3 Å². The average molecular weight is 320 g/mol. The summed E-state index contributed by atoms with van der Waals surface area (Å²) < 4.78 is 2.81. The molecule has 0 N–H and O–H groups in total. The van der Waals surface area contributed by atoms with Crippen molar-refractivity contribution >= 4 is 29.2 Å². The number of benzene rings is 1. The van der Waals surface area contributed by atoms with E-state index in [4.69, 9.17) is 12.2 Å². The zero-order valence-corrected chi connectivity index (χ0v) is 14.1. The fourth-order valence-electron chi connectivity index (χ4n) is 2.66. The van der Waals surface area contributed by atoms with E-state index in [9.17, 15) is 0 Å². The van der Waals surface area contributed by atoms with Crippen molar-refractivity contribution in [2.75, 3.05) is 31.1 Å². The average Bonchev–Trinajstić information content (AvgIpc) is 2.78. The van der Waals surface area contributed by atoms with E-state index in [-0.39, 0.29) is 0 Å². The largest absolute Gasteiger partial charge is 0.369 e. The number of hydrogen-bond donors (Lipinski definition) is 0. The quantitative estimate of drug-likeness (QED) is 0.811. The van der Waals surface area contributed by atoms with E-state index in [1.807, 2.05) is 11.6 Å². The molecule has 112 valence electrons. The molecule has 2 heterocycles. The third kappa shape index (κ3) is 3.51. The van der Waals surface area contributed by atoms with Crippen molar-refractivity contribution in [2.45, 2.75) is 20.5 Å². The Hall–Kier alpha value is -1.24. The van der Waals surface area contributed by atoms with Crippen molar-refractivity contribution in [2.24, 2.45) is 0 Å². The van der Waals surface area contributed by atoms with Crippen molar-refractivity contribution in [1.29, 1.82) is 0 Å². The van der Waals surface area contributed by atoms with Gasteiger partial charge < -0.3 is 4.90 Å². The number of aromatic nitrogens is 2. The van der Waals surface area contributed by atoms with Crippen LogP contribution < -0.4 is 4.90 Å². The summed E-state index contributed by atoms with van der Waals surface area (Å²) in [5.41, 5.74) is 2.65. The van der Waals surface area contributed by atoms with Crippen LogP contribution in [-0.4, -0.2) is 40.9 Å². The lowest BCUT2D eigenvalue weighted by atomic mass is 10.2. The molecule has 0 atom stereocenters. The second-order valence-corrected chi connectivity index (χ2v) is 7.30. The van der Waals surface area contributed by atoms with Crippen LogP contribution in [0.5, 0.6) is 0 Å². The molecule has 0 radical (unpaired) electrons. The Morgan fingerprint density at radius 2 is 1.95 bits per heavy atom. The SMILES string of the molecule is Cc1cccc(N2CCN(Cn3nc(C)sc3=S)CC2)c1. The summed E-state index contributed by atoms with van der Waals surface area (Å²) in [6, 6.07) is 8.73. The molecule has 0 aliphatic carbocycles. The summed E-state index contributed by atoms with van der Waals surface area (Å²) >= 11 is 6.92. The maximum Gasteiger partial charge on any atom is 0.180 e. The number of nitrogens with zero attached hydrogens (tertiary/aromatic N) is 4. The van der Waals surface area contributed by atoms with E-state index < -0.39 is 0 Å². The van der Waals surface area contributed by atoms with Crippen molar-refractivity contribution in [3.05, 3.63) is 38.8 Å². The van der Waals surface area contributed by atoms with E-state index >= 15 is 0 Å². The molecular formula is C15H20N4S2. The third-order valence-corrected chi connectivity index (χ3v) is 5.00. The molecule has 4 nitrogen and oxygen atoms in total. The molecule has 0 amide bonds. The Kier molecular flexibility index (Phi) is 4.37. The molecule has 0 saturated carbocycles. The van der Waals surface area contributed by atoms with Crippen LogP contribution in [0.4, 0.5) is 5.69 Å². The lowest BCUT2D eigenvalue weighted by Gasteiger charge is -2.36. The van der Waals surface area contributed by atoms with Gasteiger partial charge in [0.2, 0.25) is 0 Å². The highest BCUT2D eigenvalue weighted by atomic mass is 32.1. The lowest BCUT2D eigenvalue weighted by Crippen LogP contribution is -2.47. The molecule has 1 aliphatic rings. The van der Waals surface area contributed by atoms with Gasteiger partial charge in [0.05, 0.1) is 6.67 Å². The number of rotatable bonds is 3. The zero-order chi connectivity index (χ0) is 14.8. The van der Waals surface area contributed by atoms with Gasteiger partial charge in [0, 0.05) is 31.9 Å². The smallest absolute Gasteiger partial charge is 0.180 e. The number of aryl methyl sites for hydroxylation is 2. The Morgan fingerprint density at radius 1 is 1.19 bits per heavy atom. The normalized spacial score (nSPS) is 16.4. The van der Waals surface area contributed by atoms with Crippen LogP contribution in [0, 0.1) is 17.8 Å². The van der Waals surface area contributed by atoms with Gasteiger partial charge in [0.25, 0.3) is 0 Å². The van der Waals surface area contributed by atoms with Gasteiger partial charge in [0.15, 0.2) is 3.95 Å². The van der Waals surface area contributed by atoms with E-state index in [0.717, 1.165) is 41.8 Å². The minimum Gasteiger partial charge on any atom is -0.369 e. The molecule has 2 aromatic rings. The van der Waals surface area contributed by atoms with Crippen LogP contribution in [-0.2, 0) is 6.67 Å². The molecule has 3 rings (SSSR count). The van der Waals surface area contributed by atoms with Gasteiger partial charge in [-0.1, -0.05) is 23.5 Å². The minimum atomic E-state index is 0.810. The Morgan fingerprint density at radius 3 is 2.57 bits per heavy atom. The van der Waals surface area contributed by atoms with Gasteiger partial charge in [-0.05, 0) is 43.8 Å². The molecular weight excluding hydrogens is 300 g/mol. The summed E-state index contributed by atoms with van der Waals surface area (Å²) in [5, 5.41) is 5.51. The summed E-state index contributed by atoms with van der Waals surface area (Å²) in [4.78, 5) is 4.87. The fraction of sp³-hybridized carbons (Fsp3) is 0.467. The van der Waals surface area contributed by atoms with Gasteiger partial charge in [0.1, 0.15) is 5.01 Å². The second-order valence-electron chi connectivity index (χ2n) is 5.47. The molecule has 21 heavy (non-hydrogen) atoms. The first kappa shape index (κ1) is 14.7. The minimum absolute atomic E-state index is 0.810. The van der Waals surface area contributed by atoms with Crippen LogP contribution >= 0.6 is 23.6 Å². The van der Waals surface area contributed by atoms with Gasteiger partial charge in [-0.2, -0.15) is 5.10 Å². The molecule has 1 saturated heterocycles. The van der Waals surface area contributed by atoms with Crippen molar-refractivity contribution in [3.8, 4) is 0 Å². The molecule has 0 spiro atoms. The number of anilines is 1. The molecule has 0 bridgehead atoms. The van der Waals surface area contributed by atoms with Crippen LogP contribution in [0.2, 0.25) is 0 Å². The fourth-order valence-corrected chi connectivity index (χ4v) is 3.72. The van der Waals surface area contributed by atoms with Crippen LogP contribution in [0.1, 0.15) is 10.6 Å². The molecule has 6 heteroatoms. The summed E-state index contributed by atoms with van der Waals surface area (Å²) in [6.45, 7) is 9.17. The van der Waals surface area contributed by atoms with E-state index in [2.05, 4.69) is 46.1 Å². The topological polar surface area (TPSA) is 24.3 Å². The summed E-state index contributed by atoms with van der Waals surface area (Å²) in [6.07, 6.45) is 0. The van der Waals surface area contributed by atoms with Gasteiger partial charge in [-0.15, -0.1) is 0 Å². The van der Waals surface area contributed by atoms with Crippen LogP contribution in [0.3, 0.4) is 0 Å². The zero-order valence-electron chi connectivity index (χ0n) is 12.5. The first-order valence-corrected chi connectivity index (χ1v) is 8.43. The highest BCUT2D eigenvalue weighted by Crippen LogP contribution is 2.18. The van der Waals surface area contributed by atoms with Crippen molar-refractivity contribution in [1.82, 2.24) is 14.7 Å². The van der Waals surface area contributed by atoms with Crippen molar-refractivity contribution < 1.29 is 0 Å². The maximum atomic E-state index is 5.34. The molecule has 1 fully saturated rings. The Balaban J connectivity index is 1.60. The van der Waals surface area contributed by atoms with Crippen molar-refractivity contribution in [3.63, 3.8) is 0 Å². The van der Waals surface area contributed by atoms with E-state index in [0.29, 0.717) is 0 Å². The lowest BCUT2D eigenvalue weighted by molar-refractivity contribution is 0.195. The first-order chi connectivity index (χ1) is 10.1.